The lowest BCUT2D eigenvalue weighted by molar-refractivity contribution is -0.135. The summed E-state index contributed by atoms with van der Waals surface area (Å²) in [4.78, 5) is -0.758. The van der Waals surface area contributed by atoms with Crippen molar-refractivity contribution in [3.63, 3.8) is 0 Å². The number of rotatable bonds is 1. The van der Waals surface area contributed by atoms with Gasteiger partial charge in [-0.3, -0.25) is 0 Å². The van der Waals surface area contributed by atoms with Crippen LogP contribution in [0, 0.1) is 11.3 Å². The minimum absolute atomic E-state index is 0.00694. The quantitative estimate of drug-likeness (QED) is 0.810. The highest BCUT2D eigenvalue weighted by Gasteiger charge is 2.38. The molecule has 2 nitrogen and oxygen atoms in total. The van der Waals surface area contributed by atoms with Crippen molar-refractivity contribution in [2.24, 2.45) is 0 Å². The minimum atomic E-state index is -4.44. The van der Waals surface area contributed by atoms with Gasteiger partial charge in [0.1, 0.15) is 15.9 Å². The fourth-order valence-electron chi connectivity index (χ4n) is 1.34. The number of hydrogen-bond acceptors (Lipinski definition) is 3. The first-order chi connectivity index (χ1) is 6.79. The second-order valence-electron chi connectivity index (χ2n) is 3.35. The third kappa shape index (κ3) is 2.07. The van der Waals surface area contributed by atoms with Gasteiger partial charge in [-0.2, -0.15) is 18.4 Å². The molecule has 2 N–H and O–H groups in total. The van der Waals surface area contributed by atoms with Crippen molar-refractivity contribution in [3.8, 4) is 6.07 Å². The molecule has 0 radical (unpaired) electrons. The lowest BCUT2D eigenvalue weighted by Crippen LogP contribution is -2.07. The summed E-state index contributed by atoms with van der Waals surface area (Å²) in [6, 6.07) is 1.72. The van der Waals surface area contributed by atoms with E-state index >= 15 is 0 Å². The smallest absolute Gasteiger partial charge is 0.389 e. The third-order valence-electron chi connectivity index (χ3n) is 1.92. The number of nitrogens with two attached hydrogens (primary N) is 1. The Morgan fingerprint density at radius 3 is 2.27 bits per heavy atom. The van der Waals surface area contributed by atoms with Crippen molar-refractivity contribution in [2.45, 2.75) is 25.9 Å². The van der Waals surface area contributed by atoms with Crippen molar-refractivity contribution in [3.05, 3.63) is 16.0 Å². The zero-order valence-electron chi connectivity index (χ0n) is 8.14. The van der Waals surface area contributed by atoms with Crippen LogP contribution in [-0.4, -0.2) is 0 Å². The normalized spacial score (nSPS) is 11.8. The molecular formula is C9H9F3N2S. The van der Waals surface area contributed by atoms with E-state index in [1.807, 2.05) is 0 Å². The zero-order valence-corrected chi connectivity index (χ0v) is 8.96. The van der Waals surface area contributed by atoms with Gasteiger partial charge in [-0.1, -0.05) is 13.8 Å². The topological polar surface area (TPSA) is 49.8 Å². The monoisotopic (exact) mass is 234 g/mol. The van der Waals surface area contributed by atoms with Crippen molar-refractivity contribution in [2.75, 3.05) is 5.73 Å². The Kier molecular flexibility index (Phi) is 2.95. The molecule has 0 aliphatic carbocycles. The van der Waals surface area contributed by atoms with E-state index in [2.05, 4.69) is 0 Å². The molecular weight excluding hydrogens is 225 g/mol. The van der Waals surface area contributed by atoms with E-state index in [0.29, 0.717) is 11.3 Å². The molecule has 1 rings (SSSR count). The van der Waals surface area contributed by atoms with Gasteiger partial charge in [0.2, 0.25) is 0 Å². The van der Waals surface area contributed by atoms with Gasteiger partial charge in [-0.05, 0) is 11.5 Å². The van der Waals surface area contributed by atoms with Gasteiger partial charge >= 0.3 is 6.18 Å². The Morgan fingerprint density at radius 1 is 1.40 bits per heavy atom. The zero-order chi connectivity index (χ0) is 11.8. The highest BCUT2D eigenvalue weighted by Crippen LogP contribution is 2.44. The van der Waals surface area contributed by atoms with E-state index < -0.39 is 11.1 Å². The standard InChI is InChI=1S/C9H9F3N2S/c1-4(2)6-5(3-13)8(14)15-7(6)9(10,11)12/h4H,14H2,1-2H3. The molecule has 82 valence electrons. The van der Waals surface area contributed by atoms with Crippen LogP contribution in [0.15, 0.2) is 0 Å². The molecule has 0 atom stereocenters. The molecule has 0 fully saturated rings. The van der Waals surface area contributed by atoms with Crippen LogP contribution in [0.3, 0.4) is 0 Å². The lowest BCUT2D eigenvalue weighted by Gasteiger charge is -2.10. The predicted molar refractivity (Wildman–Crippen MR) is 52.5 cm³/mol. The molecule has 0 saturated carbocycles. The van der Waals surface area contributed by atoms with Crippen molar-refractivity contribution >= 4 is 16.3 Å². The number of nitrogens with zero attached hydrogens (tertiary/aromatic N) is 1. The minimum Gasteiger partial charge on any atom is -0.389 e. The van der Waals surface area contributed by atoms with E-state index in [1.54, 1.807) is 19.9 Å². The maximum atomic E-state index is 12.6. The lowest BCUT2D eigenvalue weighted by atomic mass is 9.99. The molecule has 1 aromatic heterocycles. The summed E-state index contributed by atoms with van der Waals surface area (Å²) < 4.78 is 37.8. The number of thiophene rings is 1. The number of alkyl halides is 3. The second-order valence-corrected chi connectivity index (χ2v) is 4.40. The van der Waals surface area contributed by atoms with Crippen LogP contribution >= 0.6 is 11.3 Å². The molecule has 0 amide bonds. The van der Waals surface area contributed by atoms with Gasteiger partial charge in [-0.25, -0.2) is 0 Å². The third-order valence-corrected chi connectivity index (χ3v) is 3.00. The largest absolute Gasteiger partial charge is 0.425 e. The first-order valence-corrected chi connectivity index (χ1v) is 5.00. The number of nitrogen functional groups attached to an aromatic ring is 1. The van der Waals surface area contributed by atoms with Gasteiger partial charge < -0.3 is 5.73 Å². The van der Waals surface area contributed by atoms with Gasteiger partial charge in [0.15, 0.2) is 0 Å². The Bertz CT molecular complexity index is 412. The number of halogens is 3. The first-order valence-electron chi connectivity index (χ1n) is 4.18. The average Bonchev–Trinajstić information content (AvgIpc) is 2.41. The summed E-state index contributed by atoms with van der Waals surface area (Å²) in [5.41, 5.74) is 5.35. The summed E-state index contributed by atoms with van der Waals surface area (Å²) in [7, 11) is 0. The Hall–Kier alpha value is -1.22. The van der Waals surface area contributed by atoms with Crippen LogP contribution in [0.1, 0.15) is 35.8 Å². The van der Waals surface area contributed by atoms with Crippen LogP contribution in [0.25, 0.3) is 0 Å². The van der Waals surface area contributed by atoms with Crippen LogP contribution in [0.5, 0.6) is 0 Å². The van der Waals surface area contributed by atoms with Crippen LogP contribution in [0.4, 0.5) is 18.2 Å². The van der Waals surface area contributed by atoms with Gasteiger partial charge in [0.05, 0.1) is 5.56 Å². The predicted octanol–water partition coefficient (Wildman–Crippen LogP) is 3.34. The van der Waals surface area contributed by atoms with Crippen molar-refractivity contribution in [1.82, 2.24) is 0 Å². The fourth-order valence-corrected chi connectivity index (χ4v) is 2.38. The molecule has 0 aliphatic rings. The van der Waals surface area contributed by atoms with E-state index in [0.717, 1.165) is 0 Å². The Balaban J connectivity index is 3.49. The number of anilines is 1. The van der Waals surface area contributed by atoms with E-state index in [-0.39, 0.29) is 22.0 Å². The number of nitriles is 1. The highest BCUT2D eigenvalue weighted by atomic mass is 32.1. The Morgan fingerprint density at radius 2 is 1.93 bits per heavy atom. The molecule has 15 heavy (non-hydrogen) atoms. The highest BCUT2D eigenvalue weighted by molar-refractivity contribution is 7.16. The van der Waals surface area contributed by atoms with Gasteiger partial charge in [0, 0.05) is 0 Å². The van der Waals surface area contributed by atoms with Crippen LogP contribution < -0.4 is 5.73 Å². The molecule has 0 saturated heterocycles. The molecule has 0 aromatic carbocycles. The van der Waals surface area contributed by atoms with E-state index in [1.165, 1.54) is 0 Å². The van der Waals surface area contributed by atoms with Crippen LogP contribution in [-0.2, 0) is 6.18 Å². The molecule has 1 aromatic rings. The SMILES string of the molecule is CC(C)c1c(C(F)(F)F)sc(N)c1C#N. The van der Waals surface area contributed by atoms with Gasteiger partial charge in [0.25, 0.3) is 0 Å². The maximum Gasteiger partial charge on any atom is 0.425 e. The van der Waals surface area contributed by atoms with Crippen LogP contribution in [0.2, 0.25) is 0 Å². The molecule has 0 spiro atoms. The summed E-state index contributed by atoms with van der Waals surface area (Å²) >= 11 is 0.431. The maximum absolute atomic E-state index is 12.6. The summed E-state index contributed by atoms with van der Waals surface area (Å²) in [5, 5.41) is 8.67. The first kappa shape index (κ1) is 11.9. The summed E-state index contributed by atoms with van der Waals surface area (Å²) in [6.07, 6.45) is -4.44. The van der Waals surface area contributed by atoms with Crippen molar-refractivity contribution in [1.29, 1.82) is 5.26 Å². The second kappa shape index (κ2) is 3.74. The average molecular weight is 234 g/mol. The van der Waals surface area contributed by atoms with Crippen molar-refractivity contribution < 1.29 is 13.2 Å². The molecule has 0 bridgehead atoms. The molecule has 0 aliphatic heterocycles. The van der Waals surface area contributed by atoms with E-state index in [9.17, 15) is 13.2 Å². The molecule has 6 heteroatoms. The van der Waals surface area contributed by atoms with Gasteiger partial charge in [-0.15, -0.1) is 11.3 Å². The number of hydrogen-bond donors (Lipinski definition) is 1. The Labute approximate surface area is 89.1 Å². The molecule has 0 unspecified atom stereocenters. The molecule has 1 heterocycles. The fraction of sp³-hybridized carbons (Fsp3) is 0.444. The summed E-state index contributed by atoms with van der Waals surface area (Å²) in [5.74, 6) is -0.371. The summed E-state index contributed by atoms with van der Waals surface area (Å²) in [6.45, 7) is 3.22. The van der Waals surface area contributed by atoms with E-state index in [4.69, 9.17) is 11.0 Å².